The van der Waals surface area contributed by atoms with Crippen LogP contribution in [0.15, 0.2) is 10.9 Å². The molecule has 1 atom stereocenters. The first-order chi connectivity index (χ1) is 8.42. The fourth-order valence-corrected chi connectivity index (χ4v) is 1.80. The molecule has 1 aromatic rings. The lowest BCUT2D eigenvalue weighted by Crippen LogP contribution is -2.28. The van der Waals surface area contributed by atoms with Gasteiger partial charge in [-0.2, -0.15) is 5.26 Å². The number of hydrogen-bond acceptors (Lipinski definition) is 4. The van der Waals surface area contributed by atoms with Crippen molar-refractivity contribution in [2.24, 2.45) is 0 Å². The van der Waals surface area contributed by atoms with Crippen molar-refractivity contribution in [2.75, 3.05) is 0 Å². The van der Waals surface area contributed by atoms with Crippen molar-refractivity contribution in [2.45, 2.75) is 46.4 Å². The lowest BCUT2D eigenvalue weighted by Gasteiger charge is -2.23. The number of aryl methyl sites for hydroxylation is 1. The topological polar surface area (TPSA) is 75.2 Å². The Morgan fingerprint density at radius 3 is 2.61 bits per heavy atom. The zero-order chi connectivity index (χ0) is 13.9. The summed E-state index contributed by atoms with van der Waals surface area (Å²) in [5.74, 6) is -0.324. The normalized spacial score (nSPS) is 12.4. The summed E-state index contributed by atoms with van der Waals surface area (Å²) in [6, 6.07) is 3.24. The predicted molar refractivity (Wildman–Crippen MR) is 67.4 cm³/mol. The number of rotatable bonds is 4. The van der Waals surface area contributed by atoms with E-state index in [-0.39, 0.29) is 23.1 Å². The maximum atomic E-state index is 11.9. The third kappa shape index (κ3) is 2.71. The fourth-order valence-electron chi connectivity index (χ4n) is 1.80. The summed E-state index contributed by atoms with van der Waals surface area (Å²) in [6.07, 6.45) is -0.113. The van der Waals surface area contributed by atoms with Gasteiger partial charge in [-0.1, -0.05) is 6.92 Å². The molecule has 18 heavy (non-hydrogen) atoms. The minimum atomic E-state index is -0.565. The van der Waals surface area contributed by atoms with Gasteiger partial charge >= 0.3 is 0 Å². The van der Waals surface area contributed by atoms with Gasteiger partial charge in [0, 0.05) is 6.07 Å². The van der Waals surface area contributed by atoms with Gasteiger partial charge in [0.1, 0.15) is 17.9 Å². The Morgan fingerprint density at radius 2 is 2.17 bits per heavy atom. The summed E-state index contributed by atoms with van der Waals surface area (Å²) in [5.41, 5.74) is 0.215. The molecule has 98 valence electrons. The minimum absolute atomic E-state index is 0.0758. The van der Waals surface area contributed by atoms with Crippen molar-refractivity contribution < 1.29 is 9.84 Å². The molecule has 1 rings (SSSR count). The average Bonchev–Trinajstić information content (AvgIpc) is 2.26. The van der Waals surface area contributed by atoms with Crippen LogP contribution in [0, 0.1) is 18.3 Å². The van der Waals surface area contributed by atoms with Gasteiger partial charge in [0.05, 0.1) is 6.10 Å². The molecule has 0 aromatic carbocycles. The number of aromatic nitrogens is 1. The highest BCUT2D eigenvalue weighted by Gasteiger charge is 2.20. The Hall–Kier alpha value is -1.80. The summed E-state index contributed by atoms with van der Waals surface area (Å²) in [5, 5.41) is 19.0. The van der Waals surface area contributed by atoms with E-state index in [9.17, 15) is 9.90 Å². The Labute approximate surface area is 106 Å². The van der Waals surface area contributed by atoms with Crippen LogP contribution < -0.4 is 5.56 Å². The predicted octanol–water partition coefficient (Wildman–Crippen LogP) is 2.07. The summed E-state index contributed by atoms with van der Waals surface area (Å²) in [7, 11) is 0. The molecule has 1 aromatic heterocycles. The van der Waals surface area contributed by atoms with Gasteiger partial charge in [0.25, 0.3) is 5.56 Å². The van der Waals surface area contributed by atoms with Crippen LogP contribution in [0.3, 0.4) is 0 Å². The van der Waals surface area contributed by atoms with Crippen molar-refractivity contribution >= 4 is 0 Å². The maximum Gasteiger partial charge on any atom is 0.255 e. The van der Waals surface area contributed by atoms with Crippen LogP contribution in [0.25, 0.3) is 0 Å². The van der Waals surface area contributed by atoms with Crippen molar-refractivity contribution in [3.05, 3.63) is 27.5 Å². The van der Waals surface area contributed by atoms with Gasteiger partial charge in [0.2, 0.25) is 5.88 Å². The van der Waals surface area contributed by atoms with E-state index in [1.165, 1.54) is 6.07 Å². The molecular weight excluding hydrogens is 232 g/mol. The van der Waals surface area contributed by atoms with Crippen LogP contribution in [0.4, 0.5) is 0 Å². The van der Waals surface area contributed by atoms with Gasteiger partial charge in [-0.05, 0) is 32.8 Å². The largest absolute Gasteiger partial charge is 0.493 e. The van der Waals surface area contributed by atoms with Gasteiger partial charge in [0.15, 0.2) is 0 Å². The quantitative estimate of drug-likeness (QED) is 0.887. The first-order valence-electron chi connectivity index (χ1n) is 5.93. The molecule has 0 spiro atoms. The van der Waals surface area contributed by atoms with Crippen LogP contribution in [-0.2, 0) is 4.74 Å². The van der Waals surface area contributed by atoms with E-state index in [1.807, 2.05) is 26.8 Å². The van der Waals surface area contributed by atoms with E-state index in [2.05, 4.69) is 0 Å². The summed E-state index contributed by atoms with van der Waals surface area (Å²) < 4.78 is 6.71. The van der Waals surface area contributed by atoms with Crippen LogP contribution in [0.5, 0.6) is 5.88 Å². The molecular formula is C13H18N2O3. The van der Waals surface area contributed by atoms with Crippen molar-refractivity contribution in [1.82, 2.24) is 4.57 Å². The fraction of sp³-hybridized carbons (Fsp3) is 0.538. The second kappa shape index (κ2) is 5.69. The molecule has 0 saturated carbocycles. The molecule has 0 bridgehead atoms. The lowest BCUT2D eigenvalue weighted by atomic mass is 10.1. The average molecular weight is 250 g/mol. The number of hydrogen-bond donors (Lipinski definition) is 1. The van der Waals surface area contributed by atoms with Crippen LogP contribution in [0.1, 0.15) is 44.5 Å². The second-order valence-corrected chi connectivity index (χ2v) is 4.39. The van der Waals surface area contributed by atoms with Crippen molar-refractivity contribution in [3.63, 3.8) is 0 Å². The first kappa shape index (κ1) is 14.3. The highest BCUT2D eigenvalue weighted by molar-refractivity contribution is 5.43. The van der Waals surface area contributed by atoms with E-state index in [1.54, 1.807) is 6.92 Å². The van der Waals surface area contributed by atoms with Crippen molar-refractivity contribution in [3.8, 4) is 11.9 Å². The molecule has 5 heteroatoms. The molecule has 0 amide bonds. The van der Waals surface area contributed by atoms with E-state index >= 15 is 0 Å². The number of aromatic hydroxyl groups is 1. The third-order valence-electron chi connectivity index (χ3n) is 2.60. The molecule has 0 aliphatic heterocycles. The summed E-state index contributed by atoms with van der Waals surface area (Å²) in [4.78, 5) is 11.9. The number of nitrogens with zero attached hydrogens (tertiary/aromatic N) is 2. The first-order valence-corrected chi connectivity index (χ1v) is 5.93. The molecule has 0 aliphatic rings. The van der Waals surface area contributed by atoms with Gasteiger partial charge in [-0.25, -0.2) is 0 Å². The van der Waals surface area contributed by atoms with Gasteiger partial charge in [-0.3, -0.25) is 9.36 Å². The zero-order valence-corrected chi connectivity index (χ0v) is 11.1. The van der Waals surface area contributed by atoms with E-state index in [4.69, 9.17) is 10.00 Å². The molecule has 0 fully saturated rings. The Balaban J connectivity index is 3.40. The summed E-state index contributed by atoms with van der Waals surface area (Å²) in [6.45, 7) is 7.17. The molecule has 0 saturated heterocycles. The highest BCUT2D eigenvalue weighted by Crippen LogP contribution is 2.24. The number of ether oxygens (including phenoxy) is 1. The van der Waals surface area contributed by atoms with Crippen LogP contribution in [-0.4, -0.2) is 15.8 Å². The van der Waals surface area contributed by atoms with E-state index in [0.717, 1.165) is 4.57 Å². The monoisotopic (exact) mass is 250 g/mol. The van der Waals surface area contributed by atoms with Crippen LogP contribution in [0.2, 0.25) is 0 Å². The zero-order valence-electron chi connectivity index (χ0n) is 11.1. The minimum Gasteiger partial charge on any atom is -0.493 e. The SMILES string of the molecule is CCC(OC(C)C)n1c(O)c(C#N)c(C)cc1=O. The van der Waals surface area contributed by atoms with Crippen molar-refractivity contribution in [1.29, 1.82) is 5.26 Å². The molecule has 1 heterocycles. The molecule has 5 nitrogen and oxygen atoms in total. The third-order valence-corrected chi connectivity index (χ3v) is 2.60. The maximum absolute atomic E-state index is 11.9. The van der Waals surface area contributed by atoms with E-state index < -0.39 is 6.23 Å². The van der Waals surface area contributed by atoms with E-state index in [0.29, 0.717) is 12.0 Å². The lowest BCUT2D eigenvalue weighted by molar-refractivity contribution is -0.0445. The Bertz CT molecular complexity index is 526. The summed E-state index contributed by atoms with van der Waals surface area (Å²) >= 11 is 0. The van der Waals surface area contributed by atoms with Crippen LogP contribution >= 0.6 is 0 Å². The highest BCUT2D eigenvalue weighted by atomic mass is 16.5. The molecule has 0 radical (unpaired) electrons. The Kier molecular flexibility index (Phi) is 4.51. The van der Waals surface area contributed by atoms with Gasteiger partial charge in [-0.15, -0.1) is 0 Å². The molecule has 1 N–H and O–H groups in total. The van der Waals surface area contributed by atoms with Gasteiger partial charge < -0.3 is 9.84 Å². The molecule has 1 unspecified atom stereocenters. The Morgan fingerprint density at radius 1 is 1.56 bits per heavy atom. The smallest absolute Gasteiger partial charge is 0.255 e. The number of nitriles is 1. The second-order valence-electron chi connectivity index (χ2n) is 4.39. The standard InChI is InChI=1S/C13H18N2O3/c1-5-12(18-8(2)3)15-11(16)6-9(4)10(7-14)13(15)17/h6,8,12,17H,5H2,1-4H3. The molecule has 0 aliphatic carbocycles. The number of pyridine rings is 1.